The summed E-state index contributed by atoms with van der Waals surface area (Å²) < 4.78 is 0. The Labute approximate surface area is 168 Å². The molecule has 1 aromatic rings. The Kier molecular flexibility index (Phi) is 12.1. The van der Waals surface area contributed by atoms with Crippen LogP contribution in [0.3, 0.4) is 0 Å². The summed E-state index contributed by atoms with van der Waals surface area (Å²) in [6.45, 7) is 2.21. The third-order valence-corrected chi connectivity index (χ3v) is 4.66. The molecule has 5 nitrogen and oxygen atoms in total. The van der Waals surface area contributed by atoms with E-state index in [0.717, 1.165) is 12.8 Å². The van der Waals surface area contributed by atoms with E-state index < -0.39 is 17.8 Å². The number of hydrogen-bond donors (Lipinski definition) is 2. The number of anilines is 1. The lowest BCUT2D eigenvalue weighted by Gasteiger charge is -2.11. The molecule has 152 valence electrons. The number of hydrogen-bond acceptors (Lipinski definition) is 3. The molecule has 0 bridgehead atoms. The molecule has 0 aliphatic carbocycles. The molecule has 1 amide bonds. The zero-order chi connectivity index (χ0) is 20.6. The number of amides is 1. The lowest BCUT2D eigenvalue weighted by molar-refractivity contribution is -0.143. The van der Waals surface area contributed by atoms with Gasteiger partial charge in [-0.05, 0) is 31.4 Å². The van der Waals surface area contributed by atoms with E-state index in [1.807, 2.05) is 18.2 Å². The SMILES string of the molecule is CCCCCCCCC/C=C/CC(CC(=O)Nc1ccccc1C#N)C(=O)O. The molecule has 5 heteroatoms. The van der Waals surface area contributed by atoms with Crippen LogP contribution >= 0.6 is 0 Å². The van der Waals surface area contributed by atoms with Gasteiger partial charge in [0.1, 0.15) is 6.07 Å². The average molecular weight is 385 g/mol. The van der Waals surface area contributed by atoms with Crippen molar-refractivity contribution in [3.8, 4) is 6.07 Å². The van der Waals surface area contributed by atoms with Crippen molar-refractivity contribution >= 4 is 17.6 Å². The van der Waals surface area contributed by atoms with Gasteiger partial charge in [0.05, 0.1) is 17.2 Å². The number of carboxylic acid groups (broad SMARTS) is 1. The number of aliphatic carboxylic acids is 1. The van der Waals surface area contributed by atoms with Crippen molar-refractivity contribution in [3.63, 3.8) is 0 Å². The fourth-order valence-electron chi connectivity index (χ4n) is 2.98. The van der Waals surface area contributed by atoms with Crippen molar-refractivity contribution in [3.05, 3.63) is 42.0 Å². The van der Waals surface area contributed by atoms with E-state index in [1.165, 1.54) is 38.5 Å². The van der Waals surface area contributed by atoms with E-state index in [9.17, 15) is 14.7 Å². The molecule has 28 heavy (non-hydrogen) atoms. The predicted molar refractivity (Wildman–Crippen MR) is 112 cm³/mol. The Bertz CT molecular complexity index is 677. The molecule has 0 fully saturated rings. The average Bonchev–Trinajstić information content (AvgIpc) is 2.68. The van der Waals surface area contributed by atoms with Crippen LogP contribution in [0.25, 0.3) is 0 Å². The van der Waals surface area contributed by atoms with Crippen LogP contribution in [0.1, 0.15) is 76.7 Å². The summed E-state index contributed by atoms with van der Waals surface area (Å²) in [7, 11) is 0. The van der Waals surface area contributed by atoms with Crippen molar-refractivity contribution < 1.29 is 14.7 Å². The molecular formula is C23H32N2O3. The molecule has 1 atom stereocenters. The van der Waals surface area contributed by atoms with Gasteiger partial charge in [0.2, 0.25) is 5.91 Å². The number of carbonyl (C=O) groups excluding carboxylic acids is 1. The number of carboxylic acids is 1. The maximum Gasteiger partial charge on any atom is 0.307 e. The maximum atomic E-state index is 12.2. The highest BCUT2D eigenvalue weighted by atomic mass is 16.4. The number of rotatable bonds is 14. The molecule has 2 N–H and O–H groups in total. The monoisotopic (exact) mass is 384 g/mol. The zero-order valence-electron chi connectivity index (χ0n) is 16.8. The Morgan fingerprint density at radius 2 is 1.79 bits per heavy atom. The summed E-state index contributed by atoms with van der Waals surface area (Å²) in [5.41, 5.74) is 0.769. The second kappa shape index (κ2) is 14.4. The van der Waals surface area contributed by atoms with Crippen molar-refractivity contribution in [1.82, 2.24) is 0 Å². The number of nitrogens with one attached hydrogen (secondary N) is 1. The van der Waals surface area contributed by atoms with Crippen molar-refractivity contribution in [2.75, 3.05) is 5.32 Å². The van der Waals surface area contributed by atoms with Crippen LogP contribution < -0.4 is 5.32 Å². The molecule has 0 aromatic heterocycles. The van der Waals surface area contributed by atoms with Crippen molar-refractivity contribution in [2.24, 2.45) is 5.92 Å². The molecule has 0 spiro atoms. The molecule has 1 rings (SSSR count). The highest BCUT2D eigenvalue weighted by molar-refractivity contribution is 5.94. The topological polar surface area (TPSA) is 90.2 Å². The zero-order valence-corrected chi connectivity index (χ0v) is 16.8. The maximum absolute atomic E-state index is 12.2. The first-order valence-electron chi connectivity index (χ1n) is 10.2. The van der Waals surface area contributed by atoms with Gasteiger partial charge < -0.3 is 10.4 Å². The van der Waals surface area contributed by atoms with Crippen LogP contribution in [0, 0.1) is 17.2 Å². The summed E-state index contributed by atoms with van der Waals surface area (Å²) in [4.78, 5) is 23.6. The van der Waals surface area contributed by atoms with Crippen LogP contribution in [-0.4, -0.2) is 17.0 Å². The lowest BCUT2D eigenvalue weighted by Crippen LogP contribution is -2.22. The number of unbranched alkanes of at least 4 members (excludes halogenated alkanes) is 7. The van der Waals surface area contributed by atoms with Gasteiger partial charge in [0.15, 0.2) is 0 Å². The lowest BCUT2D eigenvalue weighted by atomic mass is 10.00. The van der Waals surface area contributed by atoms with Gasteiger partial charge in [-0.25, -0.2) is 0 Å². The first-order chi connectivity index (χ1) is 13.6. The number of nitrogens with zero attached hydrogens (tertiary/aromatic N) is 1. The Morgan fingerprint density at radius 1 is 1.11 bits per heavy atom. The fourth-order valence-corrected chi connectivity index (χ4v) is 2.98. The van der Waals surface area contributed by atoms with Crippen molar-refractivity contribution in [2.45, 2.75) is 71.1 Å². The van der Waals surface area contributed by atoms with Gasteiger partial charge in [0.25, 0.3) is 0 Å². The highest BCUT2D eigenvalue weighted by Crippen LogP contribution is 2.17. The van der Waals surface area contributed by atoms with Crippen LogP contribution in [0.4, 0.5) is 5.69 Å². The van der Waals surface area contributed by atoms with Gasteiger partial charge in [-0.1, -0.05) is 69.7 Å². The van der Waals surface area contributed by atoms with E-state index in [-0.39, 0.29) is 6.42 Å². The minimum absolute atomic E-state index is 0.114. The minimum atomic E-state index is -0.982. The van der Waals surface area contributed by atoms with E-state index in [2.05, 4.69) is 12.2 Å². The normalized spacial score (nSPS) is 11.9. The third-order valence-electron chi connectivity index (χ3n) is 4.66. The summed E-state index contributed by atoms with van der Waals surface area (Å²) in [6.07, 6.45) is 13.8. The molecule has 0 aliphatic heterocycles. The van der Waals surface area contributed by atoms with E-state index in [4.69, 9.17) is 5.26 Å². The molecule has 0 aliphatic rings. The molecule has 1 aromatic carbocycles. The van der Waals surface area contributed by atoms with Crippen LogP contribution in [0.15, 0.2) is 36.4 Å². The molecule has 0 saturated heterocycles. The second-order valence-electron chi connectivity index (χ2n) is 7.06. The number of benzene rings is 1. The van der Waals surface area contributed by atoms with E-state index in [1.54, 1.807) is 24.3 Å². The number of allylic oxidation sites excluding steroid dienone is 2. The van der Waals surface area contributed by atoms with Crippen LogP contribution in [0.5, 0.6) is 0 Å². The second-order valence-corrected chi connectivity index (χ2v) is 7.06. The van der Waals surface area contributed by atoms with Gasteiger partial charge in [-0.2, -0.15) is 5.26 Å². The highest BCUT2D eigenvalue weighted by Gasteiger charge is 2.20. The van der Waals surface area contributed by atoms with Gasteiger partial charge in [-0.15, -0.1) is 0 Å². The Hall–Kier alpha value is -2.61. The molecule has 0 saturated carbocycles. The summed E-state index contributed by atoms with van der Waals surface area (Å²) in [5.74, 6) is -2.14. The Balaban J connectivity index is 2.34. The molecular weight excluding hydrogens is 352 g/mol. The summed E-state index contributed by atoms with van der Waals surface area (Å²) in [5, 5.41) is 21.1. The summed E-state index contributed by atoms with van der Waals surface area (Å²) in [6, 6.07) is 8.68. The molecule has 0 heterocycles. The fraction of sp³-hybridized carbons (Fsp3) is 0.522. The largest absolute Gasteiger partial charge is 0.481 e. The number of nitriles is 1. The first-order valence-corrected chi connectivity index (χ1v) is 10.2. The summed E-state index contributed by atoms with van der Waals surface area (Å²) >= 11 is 0. The van der Waals surface area contributed by atoms with Crippen molar-refractivity contribution in [1.29, 1.82) is 5.26 Å². The first kappa shape index (κ1) is 23.4. The van der Waals surface area contributed by atoms with Gasteiger partial charge >= 0.3 is 5.97 Å². The predicted octanol–water partition coefficient (Wildman–Crippen LogP) is 5.67. The number of carbonyl (C=O) groups is 2. The van der Waals surface area contributed by atoms with Gasteiger partial charge in [-0.3, -0.25) is 9.59 Å². The van der Waals surface area contributed by atoms with E-state index >= 15 is 0 Å². The minimum Gasteiger partial charge on any atom is -0.481 e. The quantitative estimate of drug-likeness (QED) is 0.319. The molecule has 0 radical (unpaired) electrons. The molecule has 1 unspecified atom stereocenters. The number of para-hydroxylation sites is 1. The smallest absolute Gasteiger partial charge is 0.307 e. The Morgan fingerprint density at radius 3 is 2.46 bits per heavy atom. The van der Waals surface area contributed by atoms with E-state index in [0.29, 0.717) is 17.7 Å². The van der Waals surface area contributed by atoms with Gasteiger partial charge in [0, 0.05) is 6.42 Å². The standard InChI is InChI=1S/C23H32N2O3/c1-2-3-4-5-6-7-8-9-10-11-14-19(23(27)28)17-22(26)25-21-16-13-12-15-20(21)18-24/h10-13,15-16,19H,2-9,14,17H2,1H3,(H,25,26)(H,27,28)/b11-10+. The van der Waals surface area contributed by atoms with Crippen LogP contribution in [0.2, 0.25) is 0 Å². The van der Waals surface area contributed by atoms with Crippen LogP contribution in [-0.2, 0) is 9.59 Å². The third kappa shape index (κ3) is 9.91.